The first kappa shape index (κ1) is 31.2. The predicted octanol–water partition coefficient (Wildman–Crippen LogP) is 7.11. The highest BCUT2D eigenvalue weighted by atomic mass is 16.2. The summed E-state index contributed by atoms with van der Waals surface area (Å²) in [5.74, 6) is 0.204. The van der Waals surface area contributed by atoms with Gasteiger partial charge in [-0.05, 0) is 78.8 Å². The Labute approximate surface area is 261 Å². The third kappa shape index (κ3) is 6.96. The lowest BCUT2D eigenvalue weighted by atomic mass is 9.75. The van der Waals surface area contributed by atoms with E-state index in [0.29, 0.717) is 37.3 Å². The maximum Gasteiger partial charge on any atom is 0.252 e. The summed E-state index contributed by atoms with van der Waals surface area (Å²) in [5.41, 5.74) is 6.29. The molecule has 0 bridgehead atoms. The molecule has 230 valence electrons. The van der Waals surface area contributed by atoms with Crippen LogP contribution < -0.4 is 10.6 Å². The van der Waals surface area contributed by atoms with Gasteiger partial charge < -0.3 is 15.5 Å². The highest BCUT2D eigenvalue weighted by molar-refractivity contribution is 6.01. The first-order valence-corrected chi connectivity index (χ1v) is 16.0. The molecule has 0 spiro atoms. The zero-order valence-corrected chi connectivity index (χ0v) is 26.5. The summed E-state index contributed by atoms with van der Waals surface area (Å²) in [6.45, 7) is 10.3. The molecule has 44 heavy (non-hydrogen) atoms. The number of allylic oxidation sites excluding steroid dienone is 1. The molecule has 0 aromatic heterocycles. The fourth-order valence-electron chi connectivity index (χ4n) is 6.30. The van der Waals surface area contributed by atoms with Crippen molar-refractivity contribution in [3.05, 3.63) is 107 Å². The van der Waals surface area contributed by atoms with Gasteiger partial charge in [0, 0.05) is 25.2 Å². The zero-order valence-electron chi connectivity index (χ0n) is 26.5. The summed E-state index contributed by atoms with van der Waals surface area (Å²) < 4.78 is 0. The number of benzene rings is 3. The minimum Gasteiger partial charge on any atom is -0.348 e. The zero-order chi connectivity index (χ0) is 31.3. The number of hydrogen-bond acceptors (Lipinski definition) is 3. The monoisotopic (exact) mass is 591 g/mol. The quantitative estimate of drug-likeness (QED) is 0.260. The van der Waals surface area contributed by atoms with E-state index in [0.717, 1.165) is 53.8 Å². The molecule has 3 amide bonds. The molecule has 1 fully saturated rings. The Bertz CT molecular complexity index is 1520. The third-order valence-corrected chi connectivity index (χ3v) is 9.32. The number of rotatable bonds is 9. The summed E-state index contributed by atoms with van der Waals surface area (Å²) in [5, 5.41) is 6.25. The number of nitrogens with one attached hydrogen (secondary N) is 2. The molecule has 3 aromatic carbocycles. The molecule has 2 atom stereocenters. The highest BCUT2D eigenvalue weighted by Crippen LogP contribution is 2.36. The number of likely N-dealkylation sites (tertiary alicyclic amines) is 1. The first-order valence-electron chi connectivity index (χ1n) is 16.0. The Morgan fingerprint density at radius 2 is 1.59 bits per heavy atom. The molecule has 0 radical (unpaired) electrons. The van der Waals surface area contributed by atoms with Crippen molar-refractivity contribution in [2.24, 2.45) is 5.41 Å². The Hall–Kier alpha value is -4.19. The van der Waals surface area contributed by atoms with E-state index in [1.54, 1.807) is 0 Å². The summed E-state index contributed by atoms with van der Waals surface area (Å²) in [6.07, 6.45) is 6.00. The standard InChI is InChI=1S/C38H45N3O3/c1-26(2)29-15-17-30(18-16-29)33-27(3)11-10-14-32(33)35(42)39-25-28-19-21-38(4,22-20-28)37(44)40-34(31-12-6-5-7-13-31)36(43)41-23-8-9-24-41/h5-7,10-19,26,34H,8-9,20-25H2,1-4H3,(H,39,42)(H,40,44). The van der Waals surface area contributed by atoms with Crippen molar-refractivity contribution in [2.45, 2.75) is 71.8 Å². The van der Waals surface area contributed by atoms with Crippen LogP contribution in [0, 0.1) is 12.3 Å². The van der Waals surface area contributed by atoms with Crippen LogP contribution in [0.4, 0.5) is 0 Å². The molecule has 2 N–H and O–H groups in total. The molecule has 5 rings (SSSR count). The lowest BCUT2D eigenvalue weighted by molar-refractivity contribution is -0.139. The molecular formula is C38H45N3O3. The molecule has 6 heteroatoms. The molecular weight excluding hydrogens is 546 g/mol. The Balaban J connectivity index is 1.24. The largest absolute Gasteiger partial charge is 0.348 e. The molecule has 1 heterocycles. The third-order valence-electron chi connectivity index (χ3n) is 9.32. The molecule has 1 aliphatic heterocycles. The normalized spacial score (nSPS) is 18.9. The Morgan fingerprint density at radius 3 is 2.23 bits per heavy atom. The van der Waals surface area contributed by atoms with Crippen LogP contribution in [0.2, 0.25) is 0 Å². The van der Waals surface area contributed by atoms with Gasteiger partial charge in [0.05, 0.1) is 5.41 Å². The fraction of sp³-hybridized carbons (Fsp3) is 0.395. The molecule has 1 aliphatic carbocycles. The molecule has 3 aromatic rings. The van der Waals surface area contributed by atoms with Crippen molar-refractivity contribution in [2.75, 3.05) is 19.6 Å². The lowest BCUT2D eigenvalue weighted by Crippen LogP contribution is -2.47. The van der Waals surface area contributed by atoms with Crippen molar-refractivity contribution in [1.29, 1.82) is 0 Å². The van der Waals surface area contributed by atoms with Crippen molar-refractivity contribution < 1.29 is 14.4 Å². The topological polar surface area (TPSA) is 78.5 Å². The van der Waals surface area contributed by atoms with Gasteiger partial charge in [-0.3, -0.25) is 14.4 Å². The number of carbonyl (C=O) groups excluding carboxylic acids is 3. The van der Waals surface area contributed by atoms with Crippen molar-refractivity contribution >= 4 is 17.7 Å². The minimum atomic E-state index is -0.687. The van der Waals surface area contributed by atoms with Gasteiger partial charge >= 0.3 is 0 Å². The van der Waals surface area contributed by atoms with E-state index >= 15 is 0 Å². The lowest BCUT2D eigenvalue weighted by Gasteiger charge is -2.34. The molecule has 0 saturated carbocycles. The maximum atomic E-state index is 13.7. The second kappa shape index (κ2) is 13.6. The van der Waals surface area contributed by atoms with Gasteiger partial charge in [0.1, 0.15) is 6.04 Å². The Kier molecular flexibility index (Phi) is 9.68. The van der Waals surface area contributed by atoms with Crippen LogP contribution in [0.15, 0.2) is 84.4 Å². The summed E-state index contributed by atoms with van der Waals surface area (Å²) >= 11 is 0. The summed E-state index contributed by atoms with van der Waals surface area (Å²) in [4.78, 5) is 42.4. The number of hydrogen-bond donors (Lipinski definition) is 2. The van der Waals surface area contributed by atoms with Gasteiger partial charge in [-0.1, -0.05) is 99.2 Å². The van der Waals surface area contributed by atoms with Crippen LogP contribution in [0.5, 0.6) is 0 Å². The van der Waals surface area contributed by atoms with Crippen molar-refractivity contribution in [1.82, 2.24) is 15.5 Å². The van der Waals surface area contributed by atoms with Gasteiger partial charge in [0.15, 0.2) is 0 Å². The van der Waals surface area contributed by atoms with Crippen LogP contribution in [-0.4, -0.2) is 42.3 Å². The van der Waals surface area contributed by atoms with Crippen LogP contribution in [0.25, 0.3) is 11.1 Å². The Morgan fingerprint density at radius 1 is 0.886 bits per heavy atom. The molecule has 2 aliphatic rings. The van der Waals surface area contributed by atoms with Crippen LogP contribution in [0.3, 0.4) is 0 Å². The highest BCUT2D eigenvalue weighted by Gasteiger charge is 2.38. The van der Waals surface area contributed by atoms with E-state index < -0.39 is 11.5 Å². The van der Waals surface area contributed by atoms with E-state index in [-0.39, 0.29) is 17.7 Å². The van der Waals surface area contributed by atoms with E-state index in [2.05, 4.69) is 54.8 Å². The number of nitrogens with zero attached hydrogens (tertiary/aromatic N) is 1. The van der Waals surface area contributed by atoms with Crippen molar-refractivity contribution in [3.8, 4) is 11.1 Å². The smallest absolute Gasteiger partial charge is 0.252 e. The van der Waals surface area contributed by atoms with E-state index in [1.165, 1.54) is 5.56 Å². The van der Waals surface area contributed by atoms with Gasteiger partial charge in [0.2, 0.25) is 11.8 Å². The molecule has 1 saturated heterocycles. The van der Waals surface area contributed by atoms with Gasteiger partial charge in [-0.25, -0.2) is 0 Å². The number of amides is 3. The number of aryl methyl sites for hydroxylation is 1. The first-order chi connectivity index (χ1) is 21.2. The van der Waals surface area contributed by atoms with E-state index in [1.807, 2.05) is 67.3 Å². The van der Waals surface area contributed by atoms with Crippen LogP contribution in [0.1, 0.15) is 91.9 Å². The average molecular weight is 592 g/mol. The molecule has 6 nitrogen and oxygen atoms in total. The van der Waals surface area contributed by atoms with Crippen LogP contribution >= 0.6 is 0 Å². The molecule has 2 unspecified atom stereocenters. The second-order valence-corrected chi connectivity index (χ2v) is 12.9. The average Bonchev–Trinajstić information content (AvgIpc) is 3.58. The second-order valence-electron chi connectivity index (χ2n) is 12.9. The van der Waals surface area contributed by atoms with Gasteiger partial charge in [0.25, 0.3) is 5.91 Å². The van der Waals surface area contributed by atoms with E-state index in [4.69, 9.17) is 0 Å². The SMILES string of the molecule is Cc1cccc(C(=O)NCC2=CCC(C)(C(=O)NC(C(=O)N3CCCC3)c3ccccc3)CC2)c1-c1ccc(C(C)C)cc1. The van der Waals surface area contributed by atoms with Crippen molar-refractivity contribution in [3.63, 3.8) is 0 Å². The summed E-state index contributed by atoms with van der Waals surface area (Å²) in [6, 6.07) is 23.2. The summed E-state index contributed by atoms with van der Waals surface area (Å²) in [7, 11) is 0. The fourth-order valence-corrected chi connectivity index (χ4v) is 6.30. The number of carbonyl (C=O) groups is 3. The van der Waals surface area contributed by atoms with Gasteiger partial charge in [-0.2, -0.15) is 0 Å². The minimum absolute atomic E-state index is 0.0354. The predicted molar refractivity (Wildman–Crippen MR) is 176 cm³/mol. The maximum absolute atomic E-state index is 13.7. The van der Waals surface area contributed by atoms with Gasteiger partial charge in [-0.15, -0.1) is 0 Å². The van der Waals surface area contributed by atoms with Crippen LogP contribution in [-0.2, 0) is 9.59 Å². The van der Waals surface area contributed by atoms with E-state index in [9.17, 15) is 14.4 Å².